The lowest BCUT2D eigenvalue weighted by molar-refractivity contribution is -0.145. The number of nitrogens with two attached hydrogens (primary N) is 1. The second kappa shape index (κ2) is 6.55. The van der Waals surface area contributed by atoms with Crippen LogP contribution in [-0.2, 0) is 4.79 Å². The van der Waals surface area contributed by atoms with Crippen LogP contribution in [0.5, 0.6) is 0 Å². The molecule has 3 nitrogen and oxygen atoms in total. The lowest BCUT2D eigenvalue weighted by atomic mass is 9.74. The third-order valence-electron chi connectivity index (χ3n) is 4.28. The minimum absolute atomic E-state index is 0.179. The number of carbonyl (C=O) groups excluding carboxylic acids is 1. The topological polar surface area (TPSA) is 46.3 Å². The van der Waals surface area contributed by atoms with Gasteiger partial charge >= 0.3 is 0 Å². The van der Waals surface area contributed by atoms with Crippen LogP contribution in [-0.4, -0.2) is 28.9 Å². The SMILES string of the molecule is CCCCN(C(=O)C(C)(C)C(C)(C)N)C(C)CC. The Bertz CT molecular complexity index is 266. The van der Waals surface area contributed by atoms with Gasteiger partial charge in [0.05, 0.1) is 5.41 Å². The predicted molar refractivity (Wildman–Crippen MR) is 78.4 cm³/mol. The zero-order chi connectivity index (χ0) is 14.6. The fourth-order valence-corrected chi connectivity index (χ4v) is 1.71. The van der Waals surface area contributed by atoms with Gasteiger partial charge in [-0.1, -0.05) is 20.3 Å². The van der Waals surface area contributed by atoms with E-state index < -0.39 is 11.0 Å². The highest BCUT2D eigenvalue weighted by Crippen LogP contribution is 2.31. The summed E-state index contributed by atoms with van der Waals surface area (Å²) < 4.78 is 0. The van der Waals surface area contributed by atoms with Crippen LogP contribution in [0.25, 0.3) is 0 Å². The second-order valence-corrected chi connectivity index (χ2v) is 6.46. The molecule has 0 aromatic carbocycles. The average Bonchev–Trinajstić information content (AvgIpc) is 2.27. The van der Waals surface area contributed by atoms with Gasteiger partial charge in [-0.15, -0.1) is 0 Å². The van der Waals surface area contributed by atoms with E-state index in [9.17, 15) is 4.79 Å². The van der Waals surface area contributed by atoms with Gasteiger partial charge in [-0.3, -0.25) is 4.79 Å². The van der Waals surface area contributed by atoms with E-state index in [4.69, 9.17) is 5.73 Å². The van der Waals surface area contributed by atoms with Crippen molar-refractivity contribution in [2.45, 2.75) is 79.3 Å². The van der Waals surface area contributed by atoms with Gasteiger partial charge in [0.1, 0.15) is 0 Å². The maximum absolute atomic E-state index is 12.8. The highest BCUT2D eigenvalue weighted by molar-refractivity contribution is 5.83. The van der Waals surface area contributed by atoms with Gasteiger partial charge in [-0.25, -0.2) is 0 Å². The fraction of sp³-hybridized carbons (Fsp3) is 0.933. The fourth-order valence-electron chi connectivity index (χ4n) is 1.71. The number of nitrogens with zero attached hydrogens (tertiary/aromatic N) is 1. The highest BCUT2D eigenvalue weighted by atomic mass is 16.2. The number of carbonyl (C=O) groups is 1. The summed E-state index contributed by atoms with van der Waals surface area (Å²) in [6, 6.07) is 0.283. The Hall–Kier alpha value is -0.570. The molecule has 0 heterocycles. The van der Waals surface area contributed by atoms with Gasteiger partial charge in [0.2, 0.25) is 5.91 Å². The summed E-state index contributed by atoms with van der Waals surface area (Å²) >= 11 is 0. The van der Waals surface area contributed by atoms with E-state index in [0.29, 0.717) is 0 Å². The van der Waals surface area contributed by atoms with Crippen LogP contribution in [0.3, 0.4) is 0 Å². The zero-order valence-corrected chi connectivity index (χ0v) is 13.3. The zero-order valence-electron chi connectivity index (χ0n) is 13.3. The Labute approximate surface area is 113 Å². The number of amides is 1. The van der Waals surface area contributed by atoms with Crippen LogP contribution in [0, 0.1) is 5.41 Å². The van der Waals surface area contributed by atoms with Gasteiger partial charge in [-0.05, 0) is 47.5 Å². The number of hydrogen-bond donors (Lipinski definition) is 1. The van der Waals surface area contributed by atoms with Crippen molar-refractivity contribution in [1.29, 1.82) is 0 Å². The molecule has 0 rings (SSSR count). The van der Waals surface area contributed by atoms with Crippen molar-refractivity contribution in [2.24, 2.45) is 11.1 Å². The first-order chi connectivity index (χ1) is 8.09. The molecule has 2 N–H and O–H groups in total. The first kappa shape index (κ1) is 17.4. The van der Waals surface area contributed by atoms with Crippen LogP contribution >= 0.6 is 0 Å². The lowest BCUT2D eigenvalue weighted by Crippen LogP contribution is -2.58. The van der Waals surface area contributed by atoms with Crippen molar-refractivity contribution >= 4 is 5.91 Å². The average molecular weight is 256 g/mol. The quantitative estimate of drug-likeness (QED) is 0.760. The minimum Gasteiger partial charge on any atom is -0.339 e. The molecule has 0 bridgehead atoms. The molecule has 0 aliphatic heterocycles. The monoisotopic (exact) mass is 256 g/mol. The first-order valence-corrected chi connectivity index (χ1v) is 7.19. The molecule has 108 valence electrons. The van der Waals surface area contributed by atoms with Gasteiger partial charge in [-0.2, -0.15) is 0 Å². The Morgan fingerprint density at radius 2 is 1.72 bits per heavy atom. The van der Waals surface area contributed by atoms with E-state index >= 15 is 0 Å². The van der Waals surface area contributed by atoms with Crippen molar-refractivity contribution in [2.75, 3.05) is 6.54 Å². The molecule has 0 saturated carbocycles. The van der Waals surface area contributed by atoms with E-state index in [2.05, 4.69) is 20.8 Å². The third kappa shape index (κ3) is 3.98. The van der Waals surface area contributed by atoms with Gasteiger partial charge in [0.15, 0.2) is 0 Å². The molecule has 1 atom stereocenters. The Morgan fingerprint density at radius 3 is 2.06 bits per heavy atom. The number of unbranched alkanes of at least 4 members (excludes halogenated alkanes) is 1. The molecule has 3 heteroatoms. The van der Waals surface area contributed by atoms with Crippen LogP contribution in [0.4, 0.5) is 0 Å². The summed E-state index contributed by atoms with van der Waals surface area (Å²) in [5.41, 5.74) is 5.13. The van der Waals surface area contributed by atoms with Crippen molar-refractivity contribution < 1.29 is 4.79 Å². The summed E-state index contributed by atoms with van der Waals surface area (Å²) in [6.07, 6.45) is 3.14. The smallest absolute Gasteiger partial charge is 0.230 e. The standard InChI is InChI=1S/C15H32N2O/c1-8-10-11-17(12(3)9-2)13(18)14(4,5)15(6,7)16/h12H,8-11,16H2,1-7H3. The van der Waals surface area contributed by atoms with Crippen molar-refractivity contribution in [3.8, 4) is 0 Å². The summed E-state index contributed by atoms with van der Waals surface area (Å²) in [5.74, 6) is 0.179. The molecule has 0 aromatic heterocycles. The molecule has 1 amide bonds. The van der Waals surface area contributed by atoms with Crippen LogP contribution in [0.2, 0.25) is 0 Å². The van der Waals surface area contributed by atoms with Gasteiger partial charge in [0, 0.05) is 18.1 Å². The first-order valence-electron chi connectivity index (χ1n) is 7.19. The van der Waals surface area contributed by atoms with E-state index in [-0.39, 0.29) is 11.9 Å². The Balaban J connectivity index is 5.06. The summed E-state index contributed by atoms with van der Waals surface area (Å²) in [6.45, 7) is 15.0. The van der Waals surface area contributed by atoms with E-state index in [1.807, 2.05) is 32.6 Å². The van der Waals surface area contributed by atoms with Crippen molar-refractivity contribution in [3.05, 3.63) is 0 Å². The maximum atomic E-state index is 12.8. The minimum atomic E-state index is -0.538. The molecule has 1 unspecified atom stereocenters. The lowest BCUT2D eigenvalue weighted by Gasteiger charge is -2.42. The van der Waals surface area contributed by atoms with Crippen LogP contribution in [0.1, 0.15) is 67.7 Å². The second-order valence-electron chi connectivity index (χ2n) is 6.46. The third-order valence-corrected chi connectivity index (χ3v) is 4.28. The highest BCUT2D eigenvalue weighted by Gasteiger charge is 2.43. The van der Waals surface area contributed by atoms with Crippen LogP contribution in [0.15, 0.2) is 0 Å². The van der Waals surface area contributed by atoms with E-state index in [1.165, 1.54) is 0 Å². The predicted octanol–water partition coefficient (Wildman–Crippen LogP) is 3.18. The summed E-state index contributed by atoms with van der Waals surface area (Å²) in [5, 5.41) is 0. The number of rotatable bonds is 7. The maximum Gasteiger partial charge on any atom is 0.230 e. The van der Waals surface area contributed by atoms with Crippen molar-refractivity contribution in [1.82, 2.24) is 4.90 Å². The molecule has 0 radical (unpaired) electrons. The molecule has 0 saturated heterocycles. The molecule has 0 aliphatic rings. The molecular weight excluding hydrogens is 224 g/mol. The summed E-state index contributed by atoms with van der Waals surface area (Å²) in [7, 11) is 0. The normalized spacial score (nSPS) is 14.4. The van der Waals surface area contributed by atoms with Gasteiger partial charge < -0.3 is 10.6 Å². The molecular formula is C15H32N2O. The largest absolute Gasteiger partial charge is 0.339 e. The Kier molecular flexibility index (Phi) is 6.35. The Morgan fingerprint density at radius 1 is 1.22 bits per heavy atom. The molecule has 18 heavy (non-hydrogen) atoms. The molecule has 0 spiro atoms. The number of hydrogen-bond acceptors (Lipinski definition) is 2. The van der Waals surface area contributed by atoms with Crippen LogP contribution < -0.4 is 5.73 Å². The van der Waals surface area contributed by atoms with E-state index in [1.54, 1.807) is 0 Å². The molecule has 0 aromatic rings. The summed E-state index contributed by atoms with van der Waals surface area (Å²) in [4.78, 5) is 14.8. The van der Waals surface area contributed by atoms with Gasteiger partial charge in [0.25, 0.3) is 0 Å². The molecule has 0 aliphatic carbocycles. The molecule has 0 fully saturated rings. The van der Waals surface area contributed by atoms with Crippen molar-refractivity contribution in [3.63, 3.8) is 0 Å². The van der Waals surface area contributed by atoms with E-state index in [0.717, 1.165) is 25.8 Å².